The van der Waals surface area contributed by atoms with Crippen LogP contribution in [0, 0.1) is 0 Å². The molecule has 0 N–H and O–H groups in total. The number of carbonyl (C=O) groups is 1. The lowest BCUT2D eigenvalue weighted by Crippen LogP contribution is -2.60. The van der Waals surface area contributed by atoms with E-state index in [4.69, 9.17) is 0 Å². The van der Waals surface area contributed by atoms with Crippen molar-refractivity contribution in [3.63, 3.8) is 0 Å². The minimum Gasteiger partial charge on any atom is -0.289 e. The maximum Gasteiger partial charge on any atom is 0.190 e. The number of carbonyl (C=O) groups excluding carboxylic acids is 1. The normalized spacial score (nSPS) is 25.3. The number of Topliss-reactive ketones (excluding diaryl/α,β-unsaturated/α-hetero) is 1. The molecule has 0 spiro atoms. The van der Waals surface area contributed by atoms with Crippen molar-refractivity contribution in [2.24, 2.45) is 0 Å². The van der Waals surface area contributed by atoms with Crippen molar-refractivity contribution >= 4 is 37.9 Å². The zero-order valence-electron chi connectivity index (χ0n) is 18.2. The molecule has 0 aliphatic heterocycles. The minimum absolute atomic E-state index is 0.296. The van der Waals surface area contributed by atoms with Gasteiger partial charge in [0.1, 0.15) is 0 Å². The van der Waals surface area contributed by atoms with Crippen LogP contribution in [0.2, 0.25) is 39.3 Å². The van der Waals surface area contributed by atoms with E-state index in [0.29, 0.717) is 17.6 Å². The Labute approximate surface area is 171 Å². The molecule has 2 bridgehead atoms. The summed E-state index contributed by atoms with van der Waals surface area (Å²) in [6, 6.07) is 0. The van der Waals surface area contributed by atoms with Crippen LogP contribution < -0.4 is 10.4 Å². The van der Waals surface area contributed by atoms with Crippen LogP contribution in [0.1, 0.15) is 64.6 Å². The quantitative estimate of drug-likeness (QED) is 0.463. The molecule has 0 radical (unpaired) electrons. The van der Waals surface area contributed by atoms with Crippen LogP contribution in [-0.2, 0) is 0 Å². The van der Waals surface area contributed by atoms with Gasteiger partial charge in [-0.3, -0.25) is 4.79 Å². The standard InChI is InChI=1S/C25H32OSi2/c1-27(2,3)24-20-16-13-11-15(12-14-16)19(20)22-21(25(24)28(4,5)6)17-9-7-8-10-18(17)23(22)26/h11-16H,7-10H2,1-6H3. The molecule has 28 heavy (non-hydrogen) atoms. The van der Waals surface area contributed by atoms with Gasteiger partial charge in [-0.15, -0.1) is 0 Å². The Morgan fingerprint density at radius 2 is 1.18 bits per heavy atom. The fourth-order valence-electron chi connectivity index (χ4n) is 6.12. The van der Waals surface area contributed by atoms with Gasteiger partial charge in [-0.05, 0) is 47.9 Å². The van der Waals surface area contributed by atoms with Gasteiger partial charge in [-0.2, -0.15) is 0 Å². The summed E-state index contributed by atoms with van der Waals surface area (Å²) < 4.78 is 0. The molecule has 0 saturated carbocycles. The zero-order valence-corrected chi connectivity index (χ0v) is 20.2. The van der Waals surface area contributed by atoms with Gasteiger partial charge < -0.3 is 0 Å². The molecule has 6 rings (SSSR count). The summed E-state index contributed by atoms with van der Waals surface area (Å²) in [5, 5.41) is 3.35. The average Bonchev–Trinajstić information content (AvgIpc) is 2.93. The van der Waals surface area contributed by atoms with Gasteiger partial charge in [0.15, 0.2) is 5.78 Å². The maximum atomic E-state index is 13.7. The molecular formula is C25H32OSi2. The van der Waals surface area contributed by atoms with E-state index in [1.54, 1.807) is 15.9 Å². The Kier molecular flexibility index (Phi) is 3.84. The van der Waals surface area contributed by atoms with E-state index in [1.165, 1.54) is 35.1 Å². The Hall–Kier alpha value is -1.46. The number of fused-ring (bicyclic) bond motifs is 2. The predicted molar refractivity (Wildman–Crippen MR) is 126 cm³/mol. The average molecular weight is 405 g/mol. The van der Waals surface area contributed by atoms with Crippen LogP contribution >= 0.6 is 0 Å². The SMILES string of the molecule is C[Si](C)(C)c1c2c(c3c(c1[Si](C)(C)C)C1C=CC3C=C1)C(=O)C1=C2CCCC1. The smallest absolute Gasteiger partial charge is 0.190 e. The Balaban J connectivity index is 1.98. The fourth-order valence-corrected chi connectivity index (χ4v) is 12.3. The fraction of sp³-hybridized carbons (Fsp3) is 0.480. The third-order valence-electron chi connectivity index (χ3n) is 7.07. The van der Waals surface area contributed by atoms with Crippen molar-refractivity contribution < 1.29 is 4.79 Å². The first-order valence-electron chi connectivity index (χ1n) is 11.0. The molecule has 0 fully saturated rings. The third kappa shape index (κ3) is 2.38. The van der Waals surface area contributed by atoms with Crippen LogP contribution in [0.5, 0.6) is 0 Å². The summed E-state index contributed by atoms with van der Waals surface area (Å²) in [5.41, 5.74) is 8.11. The van der Waals surface area contributed by atoms with Crippen LogP contribution in [0.25, 0.3) is 5.57 Å². The summed E-state index contributed by atoms with van der Waals surface area (Å²) in [5.74, 6) is 1.05. The maximum absolute atomic E-state index is 13.7. The van der Waals surface area contributed by atoms with E-state index in [9.17, 15) is 4.79 Å². The van der Waals surface area contributed by atoms with Crippen molar-refractivity contribution in [3.8, 4) is 0 Å². The van der Waals surface area contributed by atoms with Crippen molar-refractivity contribution in [2.75, 3.05) is 0 Å². The van der Waals surface area contributed by atoms with Gasteiger partial charge in [0.05, 0.1) is 16.1 Å². The molecule has 5 aliphatic carbocycles. The Morgan fingerprint density at radius 1 is 0.679 bits per heavy atom. The van der Waals surface area contributed by atoms with Gasteiger partial charge >= 0.3 is 0 Å². The summed E-state index contributed by atoms with van der Waals surface area (Å²) in [6.45, 7) is 15.0. The molecule has 0 saturated heterocycles. The highest BCUT2D eigenvalue weighted by atomic mass is 28.3. The second kappa shape index (κ2) is 5.79. The highest BCUT2D eigenvalue weighted by molar-refractivity contribution is 6.99. The monoisotopic (exact) mass is 404 g/mol. The minimum atomic E-state index is -1.64. The second-order valence-corrected chi connectivity index (χ2v) is 21.1. The number of benzene rings is 1. The molecule has 1 aromatic rings. The highest BCUT2D eigenvalue weighted by Gasteiger charge is 2.45. The number of allylic oxidation sites excluding steroid dienone is 6. The van der Waals surface area contributed by atoms with Gasteiger partial charge in [0, 0.05) is 23.0 Å². The second-order valence-electron chi connectivity index (χ2n) is 11.1. The molecule has 1 aromatic carbocycles. The highest BCUT2D eigenvalue weighted by Crippen LogP contribution is 2.49. The first-order valence-corrected chi connectivity index (χ1v) is 18.0. The number of hydrogen-bond acceptors (Lipinski definition) is 1. The lowest BCUT2D eigenvalue weighted by molar-refractivity contribution is 0.103. The van der Waals surface area contributed by atoms with Crippen LogP contribution in [0.15, 0.2) is 29.9 Å². The zero-order chi connectivity index (χ0) is 20.0. The molecule has 0 unspecified atom stereocenters. The van der Waals surface area contributed by atoms with Crippen molar-refractivity contribution in [2.45, 2.75) is 76.8 Å². The van der Waals surface area contributed by atoms with E-state index >= 15 is 0 Å². The summed E-state index contributed by atoms with van der Waals surface area (Å²) in [7, 11) is -3.23. The molecule has 0 atom stereocenters. The van der Waals surface area contributed by atoms with Gasteiger partial charge in [-0.25, -0.2) is 0 Å². The largest absolute Gasteiger partial charge is 0.289 e. The van der Waals surface area contributed by atoms with Crippen molar-refractivity contribution in [3.05, 3.63) is 52.1 Å². The van der Waals surface area contributed by atoms with E-state index in [0.717, 1.165) is 18.4 Å². The summed E-state index contributed by atoms with van der Waals surface area (Å²) in [4.78, 5) is 13.7. The number of hydrogen-bond donors (Lipinski definition) is 0. The number of rotatable bonds is 2. The number of ketones is 1. The van der Waals surface area contributed by atoms with Crippen molar-refractivity contribution in [1.82, 2.24) is 0 Å². The van der Waals surface area contributed by atoms with Gasteiger partial charge in [0.2, 0.25) is 0 Å². The summed E-state index contributed by atoms with van der Waals surface area (Å²) >= 11 is 0. The topological polar surface area (TPSA) is 17.1 Å². The molecule has 5 aliphatic rings. The molecule has 0 aromatic heterocycles. The molecule has 3 heteroatoms. The lowest BCUT2D eigenvalue weighted by atomic mass is 9.73. The van der Waals surface area contributed by atoms with E-state index < -0.39 is 16.1 Å². The first-order chi connectivity index (χ1) is 13.1. The van der Waals surface area contributed by atoms with E-state index in [-0.39, 0.29) is 0 Å². The molecule has 146 valence electrons. The van der Waals surface area contributed by atoms with Gasteiger partial charge in [-0.1, -0.05) is 74.0 Å². The van der Waals surface area contributed by atoms with Crippen LogP contribution in [0.3, 0.4) is 0 Å². The van der Waals surface area contributed by atoms with Crippen LogP contribution in [0.4, 0.5) is 0 Å². The predicted octanol–water partition coefficient (Wildman–Crippen LogP) is 5.61. The summed E-state index contributed by atoms with van der Waals surface area (Å²) in [6.07, 6.45) is 14.0. The molecule has 0 heterocycles. The van der Waals surface area contributed by atoms with Gasteiger partial charge in [0.25, 0.3) is 0 Å². The van der Waals surface area contributed by atoms with Crippen LogP contribution in [-0.4, -0.2) is 21.9 Å². The Morgan fingerprint density at radius 3 is 1.71 bits per heavy atom. The molecule has 1 nitrogen and oxygen atoms in total. The van der Waals surface area contributed by atoms with E-state index in [1.807, 2.05) is 0 Å². The molecular weight excluding hydrogens is 372 g/mol. The molecule has 0 amide bonds. The Bertz CT molecular complexity index is 995. The third-order valence-corrected chi connectivity index (χ3v) is 11.3. The van der Waals surface area contributed by atoms with Crippen molar-refractivity contribution in [1.29, 1.82) is 0 Å². The first kappa shape index (κ1) is 18.6. The lowest BCUT2D eigenvalue weighted by Gasteiger charge is -2.40. The van der Waals surface area contributed by atoms with E-state index in [2.05, 4.69) is 63.6 Å².